The Bertz CT molecular complexity index is 2130. The molecule has 2 N–H and O–H groups in total. The average molecular weight is 741 g/mol. The number of alkyl halides is 2. The van der Waals surface area contributed by atoms with E-state index in [4.69, 9.17) is 27.9 Å². The van der Waals surface area contributed by atoms with Crippen LogP contribution < -0.4 is 19.9 Å². The summed E-state index contributed by atoms with van der Waals surface area (Å²) >= 11 is 15.0. The van der Waals surface area contributed by atoms with Crippen LogP contribution >= 0.6 is 23.2 Å². The molecule has 12 heteroatoms. The van der Waals surface area contributed by atoms with Crippen LogP contribution in [0.3, 0.4) is 0 Å². The van der Waals surface area contributed by atoms with Gasteiger partial charge in [0.2, 0.25) is 11.8 Å². The number of nitrogens with one attached hydrogen (secondary N) is 1. The molecule has 0 spiro atoms. The molecule has 264 valence electrons. The van der Waals surface area contributed by atoms with E-state index in [2.05, 4.69) is 5.32 Å². The van der Waals surface area contributed by atoms with Gasteiger partial charge in [0.25, 0.3) is 11.8 Å². The highest BCUT2D eigenvalue weighted by Gasteiger charge is 2.77. The molecule has 0 radical (unpaired) electrons. The molecule has 4 aromatic rings. The molecule has 4 aliphatic rings. The molecule has 6 atom stereocenters. The molecule has 3 fully saturated rings. The second-order valence-electron chi connectivity index (χ2n) is 13.4. The van der Waals surface area contributed by atoms with Gasteiger partial charge in [-0.1, -0.05) is 48.0 Å². The van der Waals surface area contributed by atoms with Crippen molar-refractivity contribution >= 4 is 69.6 Å². The SMILES string of the molecule is O=C1[C@H]2[C@H](CC=C3[C@H]2C[C@@]2(Cl)C(=O)N(c4ccc(F)cc4)C(=O)[C@@]2(Cl)[C@H]3c2ccccc2OCCO)C(=O)N1c1ccc(Nc2ccccc2)cc1. The van der Waals surface area contributed by atoms with Gasteiger partial charge < -0.3 is 15.2 Å². The third-order valence-corrected chi connectivity index (χ3v) is 12.1. The topological polar surface area (TPSA) is 116 Å². The number of hydrogen-bond donors (Lipinski definition) is 2. The van der Waals surface area contributed by atoms with E-state index in [-0.39, 0.29) is 37.6 Å². The number of anilines is 4. The van der Waals surface area contributed by atoms with E-state index in [0.717, 1.165) is 28.4 Å². The lowest BCUT2D eigenvalue weighted by Gasteiger charge is -2.50. The van der Waals surface area contributed by atoms with Crippen molar-refractivity contribution in [3.63, 3.8) is 0 Å². The number of carbonyl (C=O) groups is 4. The van der Waals surface area contributed by atoms with Gasteiger partial charge in [-0.2, -0.15) is 0 Å². The van der Waals surface area contributed by atoms with E-state index >= 15 is 0 Å². The number of aliphatic hydroxyl groups is 1. The molecule has 4 amide bonds. The van der Waals surface area contributed by atoms with Crippen LogP contribution in [0.25, 0.3) is 0 Å². The first-order chi connectivity index (χ1) is 25.1. The zero-order valence-electron chi connectivity index (χ0n) is 27.5. The number of imide groups is 2. The van der Waals surface area contributed by atoms with Crippen LogP contribution in [-0.2, 0) is 19.2 Å². The lowest BCUT2D eigenvalue weighted by atomic mass is 9.56. The Hall–Kier alpha value is -5.03. The quantitative estimate of drug-likeness (QED) is 0.117. The van der Waals surface area contributed by atoms with Crippen LogP contribution in [0.5, 0.6) is 5.75 Å². The minimum atomic E-state index is -2.11. The summed E-state index contributed by atoms with van der Waals surface area (Å²) in [5.74, 6) is -6.15. The van der Waals surface area contributed by atoms with Crippen LogP contribution in [0, 0.1) is 23.6 Å². The van der Waals surface area contributed by atoms with Crippen molar-refractivity contribution in [2.45, 2.75) is 28.5 Å². The van der Waals surface area contributed by atoms with Crippen molar-refractivity contribution in [3.8, 4) is 5.75 Å². The maximum absolute atomic E-state index is 14.6. The summed E-state index contributed by atoms with van der Waals surface area (Å²) in [5.41, 5.74) is 3.17. The Morgan fingerprint density at radius 1 is 0.769 bits per heavy atom. The maximum atomic E-state index is 14.6. The number of aliphatic hydroxyl groups excluding tert-OH is 1. The first-order valence-corrected chi connectivity index (χ1v) is 17.7. The van der Waals surface area contributed by atoms with Crippen LogP contribution in [0.15, 0.2) is 115 Å². The number of halogens is 3. The fourth-order valence-electron chi connectivity index (χ4n) is 8.39. The van der Waals surface area contributed by atoms with Gasteiger partial charge >= 0.3 is 0 Å². The fourth-order valence-corrected chi connectivity index (χ4v) is 9.31. The largest absolute Gasteiger partial charge is 0.491 e. The van der Waals surface area contributed by atoms with E-state index < -0.39 is 57.0 Å². The van der Waals surface area contributed by atoms with Gasteiger partial charge in [0, 0.05) is 22.9 Å². The number of hydrogen-bond acceptors (Lipinski definition) is 7. The molecule has 2 heterocycles. The standard InChI is InChI=1S/C40H32Cl2FN3O6/c41-39-22-31-28(18-19-30-33(31)36(49)45(35(30)48)26-16-12-25(13-17-26)44-24-6-2-1-3-7-24)34(29-8-4-5-9-32(29)52-21-20-47)40(39,42)38(51)46(37(39)50)27-14-10-23(43)11-15-27/h1-18,30-31,33-34,44,47H,19-22H2/t30-,31+,33-,34+,39+,40-/m0/s1. The summed E-state index contributed by atoms with van der Waals surface area (Å²) in [4.78, 5) is 55.6. The highest BCUT2D eigenvalue weighted by atomic mass is 35.5. The van der Waals surface area contributed by atoms with Gasteiger partial charge in [-0.15, -0.1) is 23.2 Å². The van der Waals surface area contributed by atoms with Gasteiger partial charge in [-0.05, 0) is 85.5 Å². The molecule has 0 aromatic heterocycles. The number of rotatable bonds is 8. The van der Waals surface area contributed by atoms with Crippen LogP contribution in [0.1, 0.15) is 24.3 Å². The summed E-state index contributed by atoms with van der Waals surface area (Å²) in [7, 11) is 0. The highest BCUT2D eigenvalue weighted by Crippen LogP contribution is 2.66. The number of ether oxygens (including phenoxy) is 1. The zero-order valence-corrected chi connectivity index (χ0v) is 29.1. The number of fused-ring (bicyclic) bond motifs is 4. The Morgan fingerprint density at radius 2 is 1.40 bits per heavy atom. The Labute approximate surface area is 308 Å². The maximum Gasteiger partial charge on any atom is 0.258 e. The lowest BCUT2D eigenvalue weighted by molar-refractivity contribution is -0.125. The van der Waals surface area contributed by atoms with Crippen molar-refractivity contribution < 1.29 is 33.4 Å². The van der Waals surface area contributed by atoms with E-state index in [9.17, 15) is 28.7 Å². The predicted octanol–water partition coefficient (Wildman–Crippen LogP) is 6.71. The molecule has 52 heavy (non-hydrogen) atoms. The molecule has 2 aliphatic carbocycles. The fraction of sp³-hybridized carbons (Fsp3) is 0.250. The van der Waals surface area contributed by atoms with E-state index in [1.807, 2.05) is 36.4 Å². The second kappa shape index (κ2) is 12.9. The van der Waals surface area contributed by atoms with E-state index in [1.54, 1.807) is 48.5 Å². The molecule has 8 rings (SSSR count). The van der Waals surface area contributed by atoms with Gasteiger partial charge in [0.15, 0.2) is 9.75 Å². The number of para-hydroxylation sites is 2. The molecule has 4 aromatic carbocycles. The summed E-state index contributed by atoms with van der Waals surface area (Å²) < 4.78 is 19.9. The molecule has 0 bridgehead atoms. The summed E-state index contributed by atoms with van der Waals surface area (Å²) in [6.07, 6.45) is 1.82. The number of amides is 4. The molecule has 9 nitrogen and oxygen atoms in total. The van der Waals surface area contributed by atoms with Gasteiger partial charge in [-0.3, -0.25) is 24.1 Å². The Morgan fingerprint density at radius 3 is 2.12 bits per heavy atom. The van der Waals surface area contributed by atoms with E-state index in [0.29, 0.717) is 22.6 Å². The minimum Gasteiger partial charge on any atom is -0.491 e. The number of benzene rings is 4. The minimum absolute atomic E-state index is 0.0611. The zero-order chi connectivity index (χ0) is 36.4. The molecule has 0 unspecified atom stereocenters. The molecular weight excluding hydrogens is 708 g/mol. The first kappa shape index (κ1) is 34.1. The van der Waals surface area contributed by atoms with Gasteiger partial charge in [0.1, 0.15) is 18.2 Å². The number of nitrogens with zero attached hydrogens (tertiary/aromatic N) is 2. The predicted molar refractivity (Wildman–Crippen MR) is 194 cm³/mol. The summed E-state index contributed by atoms with van der Waals surface area (Å²) in [6, 6.07) is 28.3. The molecule has 2 aliphatic heterocycles. The Balaban J connectivity index is 1.21. The van der Waals surface area contributed by atoms with Crippen LogP contribution in [0.4, 0.5) is 27.1 Å². The second-order valence-corrected chi connectivity index (χ2v) is 14.7. The van der Waals surface area contributed by atoms with Crippen LogP contribution in [-0.4, -0.2) is 51.7 Å². The normalized spacial score (nSPS) is 28.0. The smallest absolute Gasteiger partial charge is 0.258 e. The third kappa shape index (κ3) is 5.07. The van der Waals surface area contributed by atoms with Crippen molar-refractivity contribution in [2.75, 3.05) is 28.3 Å². The average Bonchev–Trinajstić information content (AvgIpc) is 3.49. The van der Waals surface area contributed by atoms with Crippen molar-refractivity contribution in [1.82, 2.24) is 0 Å². The van der Waals surface area contributed by atoms with Crippen molar-refractivity contribution in [3.05, 3.63) is 126 Å². The van der Waals surface area contributed by atoms with Crippen molar-refractivity contribution in [2.24, 2.45) is 17.8 Å². The van der Waals surface area contributed by atoms with E-state index in [1.165, 1.54) is 17.0 Å². The van der Waals surface area contributed by atoms with Gasteiger partial charge in [-0.25, -0.2) is 9.29 Å². The summed E-state index contributed by atoms with van der Waals surface area (Å²) in [6.45, 7) is -0.348. The monoisotopic (exact) mass is 739 g/mol. The first-order valence-electron chi connectivity index (χ1n) is 16.9. The number of carbonyl (C=O) groups excluding carboxylic acids is 4. The van der Waals surface area contributed by atoms with Crippen LogP contribution in [0.2, 0.25) is 0 Å². The molecular formula is C40H32Cl2FN3O6. The van der Waals surface area contributed by atoms with Crippen molar-refractivity contribution in [1.29, 1.82) is 0 Å². The molecule has 2 saturated heterocycles. The summed E-state index contributed by atoms with van der Waals surface area (Å²) in [5, 5.41) is 12.9. The third-order valence-electron chi connectivity index (χ3n) is 10.7. The van der Waals surface area contributed by atoms with Gasteiger partial charge in [0.05, 0.1) is 29.8 Å². The molecule has 1 saturated carbocycles. The highest BCUT2D eigenvalue weighted by molar-refractivity contribution is 6.58. The Kier molecular flexibility index (Phi) is 8.44. The lowest BCUT2D eigenvalue weighted by Crippen LogP contribution is -2.60. The number of allylic oxidation sites excluding steroid dienone is 2.